The Bertz CT molecular complexity index is 471. The van der Waals surface area contributed by atoms with Crippen LogP contribution in [0.4, 0.5) is 17.6 Å². The second kappa shape index (κ2) is 6.94. The zero-order valence-electron chi connectivity index (χ0n) is 11.4. The molecular weight excluding hydrogens is 308 g/mol. The molecule has 1 aromatic carbocycles. The van der Waals surface area contributed by atoms with Crippen LogP contribution in [-0.4, -0.2) is 36.8 Å². The van der Waals surface area contributed by atoms with Crippen LogP contribution >= 0.6 is 11.6 Å². The van der Waals surface area contributed by atoms with Gasteiger partial charge in [0.25, 0.3) is 0 Å². The van der Waals surface area contributed by atoms with Crippen LogP contribution in [0.25, 0.3) is 0 Å². The molecular formula is C14H17ClF4N2. The summed E-state index contributed by atoms with van der Waals surface area (Å²) in [5, 5.41) is 3.36. The molecule has 1 N–H and O–H groups in total. The fourth-order valence-electron chi connectivity index (χ4n) is 2.46. The van der Waals surface area contributed by atoms with E-state index in [9.17, 15) is 17.6 Å². The molecule has 0 spiro atoms. The molecule has 1 aromatic rings. The van der Waals surface area contributed by atoms with Crippen molar-refractivity contribution in [1.82, 2.24) is 10.2 Å². The molecule has 1 aliphatic rings. The molecule has 0 aromatic heterocycles. The van der Waals surface area contributed by atoms with Crippen molar-refractivity contribution in [1.29, 1.82) is 0 Å². The molecule has 0 amide bonds. The Kier molecular flexibility index (Phi) is 5.46. The SMILES string of the molecule is Fc1ccc(CNC2CCN(CC(F)(F)F)CC2)cc1Cl. The molecule has 2 rings (SSSR count). The Labute approximate surface area is 126 Å². The second-order valence-electron chi connectivity index (χ2n) is 5.29. The Hall–Kier alpha value is -0.850. The Morgan fingerprint density at radius 3 is 2.48 bits per heavy atom. The number of nitrogens with zero attached hydrogens (tertiary/aromatic N) is 1. The highest BCUT2D eigenvalue weighted by Crippen LogP contribution is 2.20. The van der Waals surface area contributed by atoms with E-state index in [-0.39, 0.29) is 11.1 Å². The van der Waals surface area contributed by atoms with Crippen LogP contribution in [0.15, 0.2) is 18.2 Å². The Morgan fingerprint density at radius 1 is 1.24 bits per heavy atom. The minimum absolute atomic E-state index is 0.0781. The minimum atomic E-state index is -4.13. The summed E-state index contributed by atoms with van der Waals surface area (Å²) in [7, 11) is 0. The molecule has 0 bridgehead atoms. The first-order chi connectivity index (χ1) is 9.83. The number of piperidine rings is 1. The standard InChI is InChI=1S/C14H17ClF4N2/c15-12-7-10(1-2-13(12)16)8-20-11-3-5-21(6-4-11)9-14(17,18)19/h1-2,7,11,20H,3-6,8-9H2. The van der Waals surface area contributed by atoms with Gasteiger partial charge in [-0.1, -0.05) is 17.7 Å². The molecule has 1 fully saturated rings. The van der Waals surface area contributed by atoms with Gasteiger partial charge in [0.05, 0.1) is 11.6 Å². The first-order valence-corrected chi connectivity index (χ1v) is 7.18. The Morgan fingerprint density at radius 2 is 1.90 bits per heavy atom. The van der Waals surface area contributed by atoms with Crippen LogP contribution in [0.3, 0.4) is 0 Å². The van der Waals surface area contributed by atoms with Gasteiger partial charge in [-0.25, -0.2) is 4.39 Å². The summed E-state index contributed by atoms with van der Waals surface area (Å²) in [5.74, 6) is -0.458. The van der Waals surface area contributed by atoms with Gasteiger partial charge < -0.3 is 5.32 Å². The molecule has 0 aliphatic carbocycles. The zero-order valence-corrected chi connectivity index (χ0v) is 12.1. The summed E-state index contributed by atoms with van der Waals surface area (Å²) in [6.07, 6.45) is -2.79. The maximum atomic E-state index is 13.0. The van der Waals surface area contributed by atoms with Crippen LogP contribution in [0, 0.1) is 5.82 Å². The first-order valence-electron chi connectivity index (χ1n) is 6.80. The molecule has 1 aliphatic heterocycles. The van der Waals surface area contributed by atoms with E-state index >= 15 is 0 Å². The number of alkyl halides is 3. The van der Waals surface area contributed by atoms with Crippen molar-refractivity contribution in [2.24, 2.45) is 0 Å². The minimum Gasteiger partial charge on any atom is -0.310 e. The third-order valence-corrected chi connectivity index (χ3v) is 3.86. The maximum Gasteiger partial charge on any atom is 0.401 e. The molecule has 0 saturated carbocycles. The number of benzene rings is 1. The number of rotatable bonds is 4. The van der Waals surface area contributed by atoms with E-state index in [2.05, 4.69) is 5.32 Å². The van der Waals surface area contributed by atoms with E-state index in [1.165, 1.54) is 11.0 Å². The van der Waals surface area contributed by atoms with E-state index in [1.54, 1.807) is 12.1 Å². The van der Waals surface area contributed by atoms with Crippen molar-refractivity contribution in [2.75, 3.05) is 19.6 Å². The predicted octanol–water partition coefficient (Wildman–Crippen LogP) is 3.60. The zero-order chi connectivity index (χ0) is 15.5. The van der Waals surface area contributed by atoms with Gasteiger partial charge in [0.1, 0.15) is 5.82 Å². The van der Waals surface area contributed by atoms with E-state index in [1.807, 2.05) is 0 Å². The number of hydrogen-bond donors (Lipinski definition) is 1. The summed E-state index contributed by atoms with van der Waals surface area (Å²) >= 11 is 5.70. The summed E-state index contributed by atoms with van der Waals surface area (Å²) in [6, 6.07) is 4.69. The van der Waals surface area contributed by atoms with Crippen molar-refractivity contribution >= 4 is 11.6 Å². The van der Waals surface area contributed by atoms with Gasteiger partial charge in [0.15, 0.2) is 0 Å². The summed E-state index contributed by atoms with van der Waals surface area (Å²) in [6.45, 7) is 0.555. The first kappa shape index (κ1) is 16.5. The van der Waals surface area contributed by atoms with Gasteiger partial charge in [-0.15, -0.1) is 0 Å². The Balaban J connectivity index is 1.75. The number of nitrogens with one attached hydrogen (secondary N) is 1. The molecule has 7 heteroatoms. The maximum absolute atomic E-state index is 13.0. The smallest absolute Gasteiger partial charge is 0.310 e. The topological polar surface area (TPSA) is 15.3 Å². The van der Waals surface area contributed by atoms with Gasteiger partial charge in [-0.05, 0) is 43.6 Å². The molecule has 2 nitrogen and oxygen atoms in total. The van der Waals surface area contributed by atoms with Gasteiger partial charge in [-0.3, -0.25) is 4.90 Å². The molecule has 0 atom stereocenters. The number of likely N-dealkylation sites (tertiary alicyclic amines) is 1. The summed E-state index contributed by atoms with van der Waals surface area (Å²) in [4.78, 5) is 1.42. The average molecular weight is 325 g/mol. The number of halogens is 5. The van der Waals surface area contributed by atoms with Crippen molar-refractivity contribution in [2.45, 2.75) is 31.6 Å². The molecule has 1 heterocycles. The molecule has 0 radical (unpaired) electrons. The van der Waals surface area contributed by atoms with Crippen LogP contribution in [0.2, 0.25) is 5.02 Å². The van der Waals surface area contributed by atoms with Crippen LogP contribution in [-0.2, 0) is 6.54 Å². The predicted molar refractivity (Wildman–Crippen MR) is 73.8 cm³/mol. The third kappa shape index (κ3) is 5.45. The normalized spacial score (nSPS) is 18.1. The lowest BCUT2D eigenvalue weighted by atomic mass is 10.0. The quantitative estimate of drug-likeness (QED) is 0.851. The van der Waals surface area contributed by atoms with Crippen LogP contribution in [0.1, 0.15) is 18.4 Å². The van der Waals surface area contributed by atoms with Crippen molar-refractivity contribution in [3.63, 3.8) is 0 Å². The average Bonchev–Trinajstić information content (AvgIpc) is 2.40. The lowest BCUT2D eigenvalue weighted by Crippen LogP contribution is -2.45. The van der Waals surface area contributed by atoms with Gasteiger partial charge in [0, 0.05) is 12.6 Å². The molecule has 21 heavy (non-hydrogen) atoms. The van der Waals surface area contributed by atoms with Crippen molar-refractivity contribution in [3.05, 3.63) is 34.6 Å². The molecule has 118 valence electrons. The van der Waals surface area contributed by atoms with Crippen LogP contribution < -0.4 is 5.32 Å². The van der Waals surface area contributed by atoms with E-state index < -0.39 is 18.5 Å². The van der Waals surface area contributed by atoms with Crippen molar-refractivity contribution in [3.8, 4) is 0 Å². The third-order valence-electron chi connectivity index (χ3n) is 3.57. The van der Waals surface area contributed by atoms with Gasteiger partial charge in [-0.2, -0.15) is 13.2 Å². The van der Waals surface area contributed by atoms with E-state index in [0.29, 0.717) is 32.5 Å². The number of hydrogen-bond acceptors (Lipinski definition) is 2. The lowest BCUT2D eigenvalue weighted by Gasteiger charge is -2.32. The highest BCUT2D eigenvalue weighted by atomic mass is 35.5. The highest BCUT2D eigenvalue weighted by molar-refractivity contribution is 6.30. The monoisotopic (exact) mass is 324 g/mol. The fraction of sp³-hybridized carbons (Fsp3) is 0.571. The van der Waals surface area contributed by atoms with Crippen LogP contribution in [0.5, 0.6) is 0 Å². The fourth-order valence-corrected chi connectivity index (χ4v) is 2.66. The summed E-state index contributed by atoms with van der Waals surface area (Å²) in [5.41, 5.74) is 0.860. The molecule has 1 saturated heterocycles. The van der Waals surface area contributed by atoms with E-state index in [4.69, 9.17) is 11.6 Å². The second-order valence-corrected chi connectivity index (χ2v) is 5.70. The van der Waals surface area contributed by atoms with E-state index in [0.717, 1.165) is 5.56 Å². The van der Waals surface area contributed by atoms with Crippen molar-refractivity contribution < 1.29 is 17.6 Å². The molecule has 0 unspecified atom stereocenters. The summed E-state index contributed by atoms with van der Waals surface area (Å²) < 4.78 is 49.9. The van der Waals surface area contributed by atoms with Gasteiger partial charge in [0.2, 0.25) is 0 Å². The highest BCUT2D eigenvalue weighted by Gasteiger charge is 2.32. The largest absolute Gasteiger partial charge is 0.401 e. The lowest BCUT2D eigenvalue weighted by molar-refractivity contribution is -0.148. The van der Waals surface area contributed by atoms with Gasteiger partial charge >= 0.3 is 6.18 Å².